The predicted molar refractivity (Wildman–Crippen MR) is 150 cm³/mol. The van der Waals surface area contributed by atoms with Gasteiger partial charge in [0, 0.05) is 28.9 Å². The first-order chi connectivity index (χ1) is 17.0. The van der Waals surface area contributed by atoms with E-state index in [4.69, 9.17) is 9.41 Å². The van der Waals surface area contributed by atoms with Crippen molar-refractivity contribution in [3.05, 3.63) is 71.7 Å². The fourth-order valence-electron chi connectivity index (χ4n) is 4.34. The van der Waals surface area contributed by atoms with Crippen molar-refractivity contribution < 1.29 is 13.6 Å². The molecule has 3 nitrogen and oxygen atoms in total. The molecule has 4 rings (SSSR count). The van der Waals surface area contributed by atoms with Crippen LogP contribution in [0.1, 0.15) is 70.6 Å². The van der Waals surface area contributed by atoms with Crippen LogP contribution in [0.15, 0.2) is 54.6 Å². The standard InChI is InChI=1S/C31H38FNO2Si/c1-7-25(35-36(5,6)31(2,3)4)20-24(34)18-19-27-29(21-14-16-23(32)17-15-21)26-10-8-9-11-28(26)33-30(27)22-12-13-22/h8-11,14-19,22,25H,7,12-13,20H2,1-6H3/b19-18+/t25-/m1/s1. The molecule has 1 aliphatic rings. The van der Waals surface area contributed by atoms with Crippen LogP contribution in [-0.2, 0) is 9.22 Å². The Kier molecular flexibility index (Phi) is 7.63. The maximum absolute atomic E-state index is 13.8. The molecule has 0 bridgehead atoms. The van der Waals surface area contributed by atoms with Gasteiger partial charge in [-0.3, -0.25) is 9.78 Å². The number of allylic oxidation sites excluding steroid dienone is 1. The lowest BCUT2D eigenvalue weighted by Gasteiger charge is -2.39. The molecule has 0 amide bonds. The summed E-state index contributed by atoms with van der Waals surface area (Å²) in [5.41, 5.74) is 4.86. The summed E-state index contributed by atoms with van der Waals surface area (Å²) >= 11 is 0. The van der Waals surface area contributed by atoms with E-state index in [1.54, 1.807) is 6.08 Å². The van der Waals surface area contributed by atoms with E-state index in [0.29, 0.717) is 12.3 Å². The number of carbonyl (C=O) groups excluding carboxylic acids is 1. The highest BCUT2D eigenvalue weighted by Gasteiger charge is 2.39. The van der Waals surface area contributed by atoms with E-state index in [9.17, 15) is 9.18 Å². The van der Waals surface area contributed by atoms with Crippen LogP contribution in [0.2, 0.25) is 18.1 Å². The van der Waals surface area contributed by atoms with E-state index in [1.807, 2.05) is 36.4 Å². The Labute approximate surface area is 215 Å². The number of pyridine rings is 1. The zero-order valence-electron chi connectivity index (χ0n) is 22.4. The molecule has 1 aromatic heterocycles. The highest BCUT2D eigenvalue weighted by molar-refractivity contribution is 6.74. The van der Waals surface area contributed by atoms with Gasteiger partial charge in [0.15, 0.2) is 14.1 Å². The van der Waals surface area contributed by atoms with Gasteiger partial charge in [-0.05, 0) is 73.3 Å². The SMILES string of the molecule is CC[C@H](CC(=O)/C=C/c1c(C2CC2)nc2ccccc2c1-c1ccc(F)cc1)O[Si](C)(C)C(C)(C)C. The monoisotopic (exact) mass is 503 g/mol. The zero-order chi connectivity index (χ0) is 26.1. The van der Waals surface area contributed by atoms with Crippen LogP contribution < -0.4 is 0 Å². The van der Waals surface area contributed by atoms with Crippen molar-refractivity contribution in [3.8, 4) is 11.1 Å². The number of hydrogen-bond acceptors (Lipinski definition) is 3. The second-order valence-electron chi connectivity index (χ2n) is 11.5. The number of nitrogens with zero attached hydrogens (tertiary/aromatic N) is 1. The lowest BCUT2D eigenvalue weighted by molar-refractivity contribution is -0.116. The fraction of sp³-hybridized carbons (Fsp3) is 0.419. The summed E-state index contributed by atoms with van der Waals surface area (Å²) in [5.74, 6) is 0.188. The van der Waals surface area contributed by atoms with Crippen molar-refractivity contribution in [1.82, 2.24) is 4.98 Å². The Morgan fingerprint density at radius 3 is 2.42 bits per heavy atom. The molecule has 1 saturated carbocycles. The largest absolute Gasteiger partial charge is 0.413 e. The Hall–Kier alpha value is -2.63. The van der Waals surface area contributed by atoms with Crippen molar-refractivity contribution in [2.45, 2.75) is 83.5 Å². The van der Waals surface area contributed by atoms with Gasteiger partial charge in [0.25, 0.3) is 0 Å². The minimum atomic E-state index is -1.96. The van der Waals surface area contributed by atoms with Crippen LogP contribution in [0, 0.1) is 5.82 Å². The number of benzene rings is 2. The summed E-state index contributed by atoms with van der Waals surface area (Å²) < 4.78 is 20.3. The van der Waals surface area contributed by atoms with Crippen LogP contribution in [0.25, 0.3) is 28.1 Å². The molecule has 1 atom stereocenters. The van der Waals surface area contributed by atoms with Gasteiger partial charge in [-0.1, -0.05) is 58.0 Å². The average molecular weight is 504 g/mol. The quantitative estimate of drug-likeness (QED) is 0.216. The number of carbonyl (C=O) groups is 1. The molecule has 3 aromatic rings. The minimum absolute atomic E-state index is 0.0560. The third-order valence-corrected chi connectivity index (χ3v) is 12.2. The first-order valence-corrected chi connectivity index (χ1v) is 16.0. The van der Waals surface area contributed by atoms with Gasteiger partial charge in [0.2, 0.25) is 0 Å². The third-order valence-electron chi connectivity index (χ3n) is 7.64. The molecule has 0 saturated heterocycles. The smallest absolute Gasteiger partial charge is 0.192 e. The molecule has 36 heavy (non-hydrogen) atoms. The van der Waals surface area contributed by atoms with E-state index in [1.165, 1.54) is 12.1 Å². The van der Waals surface area contributed by atoms with E-state index < -0.39 is 8.32 Å². The Balaban J connectivity index is 1.70. The first kappa shape index (κ1) is 26.4. The van der Waals surface area contributed by atoms with Gasteiger partial charge < -0.3 is 4.43 Å². The van der Waals surface area contributed by atoms with Crippen molar-refractivity contribution in [3.63, 3.8) is 0 Å². The van der Waals surface area contributed by atoms with Crippen LogP contribution in [0.3, 0.4) is 0 Å². The Morgan fingerprint density at radius 2 is 1.81 bits per heavy atom. The predicted octanol–water partition coefficient (Wildman–Crippen LogP) is 8.69. The molecule has 0 spiro atoms. The van der Waals surface area contributed by atoms with Crippen LogP contribution in [-0.4, -0.2) is 25.2 Å². The molecule has 0 unspecified atom stereocenters. The Bertz CT molecular complexity index is 1270. The normalized spacial score (nSPS) is 15.5. The van der Waals surface area contributed by atoms with Crippen molar-refractivity contribution in [2.24, 2.45) is 0 Å². The lowest BCUT2D eigenvalue weighted by atomic mass is 9.92. The third kappa shape index (κ3) is 5.84. The van der Waals surface area contributed by atoms with E-state index in [-0.39, 0.29) is 22.7 Å². The maximum Gasteiger partial charge on any atom is 0.192 e. The second-order valence-corrected chi connectivity index (χ2v) is 16.3. The van der Waals surface area contributed by atoms with Gasteiger partial charge in [-0.25, -0.2) is 4.39 Å². The van der Waals surface area contributed by atoms with Crippen LogP contribution in [0.5, 0.6) is 0 Å². The topological polar surface area (TPSA) is 39.2 Å². The minimum Gasteiger partial charge on any atom is -0.413 e. The maximum atomic E-state index is 13.8. The van der Waals surface area contributed by atoms with Crippen LogP contribution in [0.4, 0.5) is 4.39 Å². The highest BCUT2D eigenvalue weighted by atomic mass is 28.4. The summed E-state index contributed by atoms with van der Waals surface area (Å²) in [6.07, 6.45) is 6.92. The lowest BCUT2D eigenvalue weighted by Crippen LogP contribution is -2.44. The van der Waals surface area contributed by atoms with E-state index >= 15 is 0 Å². The molecule has 0 N–H and O–H groups in total. The van der Waals surface area contributed by atoms with Crippen molar-refractivity contribution in [1.29, 1.82) is 0 Å². The molecular weight excluding hydrogens is 465 g/mol. The molecule has 1 fully saturated rings. The van der Waals surface area contributed by atoms with Gasteiger partial charge in [-0.2, -0.15) is 0 Å². The molecule has 1 aliphatic carbocycles. The summed E-state index contributed by atoms with van der Waals surface area (Å²) in [5, 5.41) is 1.10. The van der Waals surface area contributed by atoms with E-state index in [2.05, 4.69) is 46.9 Å². The fourth-order valence-corrected chi connectivity index (χ4v) is 5.78. The van der Waals surface area contributed by atoms with Crippen LogP contribution >= 0.6 is 0 Å². The molecule has 2 aromatic carbocycles. The number of rotatable bonds is 9. The van der Waals surface area contributed by atoms with Gasteiger partial charge >= 0.3 is 0 Å². The highest BCUT2D eigenvalue weighted by Crippen LogP contribution is 2.45. The van der Waals surface area contributed by atoms with Gasteiger partial charge in [-0.15, -0.1) is 0 Å². The average Bonchev–Trinajstić information content (AvgIpc) is 3.66. The number of hydrogen-bond donors (Lipinski definition) is 0. The second kappa shape index (κ2) is 10.4. The molecule has 5 heteroatoms. The summed E-state index contributed by atoms with van der Waals surface area (Å²) in [4.78, 5) is 18.2. The van der Waals surface area contributed by atoms with Crippen molar-refractivity contribution in [2.75, 3.05) is 0 Å². The number of halogens is 1. The molecule has 190 valence electrons. The first-order valence-electron chi connectivity index (χ1n) is 13.1. The molecule has 0 aliphatic heterocycles. The summed E-state index contributed by atoms with van der Waals surface area (Å²) in [6, 6.07) is 14.7. The molecular formula is C31H38FNO2Si. The number of aromatic nitrogens is 1. The number of ketones is 1. The summed E-state index contributed by atoms with van der Waals surface area (Å²) in [7, 11) is -1.96. The molecule has 0 radical (unpaired) electrons. The zero-order valence-corrected chi connectivity index (χ0v) is 23.4. The number of para-hydroxylation sites is 1. The van der Waals surface area contributed by atoms with Gasteiger partial charge in [0.1, 0.15) is 5.82 Å². The van der Waals surface area contributed by atoms with Crippen molar-refractivity contribution >= 4 is 31.1 Å². The van der Waals surface area contributed by atoms with E-state index in [0.717, 1.165) is 52.5 Å². The Morgan fingerprint density at radius 1 is 1.14 bits per heavy atom. The molecule has 1 heterocycles. The summed E-state index contributed by atoms with van der Waals surface area (Å²) in [6.45, 7) is 13.2. The number of fused-ring (bicyclic) bond motifs is 1. The van der Waals surface area contributed by atoms with Gasteiger partial charge in [0.05, 0.1) is 17.3 Å².